The predicted molar refractivity (Wildman–Crippen MR) is 101 cm³/mol. The van der Waals surface area contributed by atoms with Crippen LogP contribution in [0.3, 0.4) is 0 Å². The smallest absolute Gasteiger partial charge is 0.321 e. The summed E-state index contributed by atoms with van der Waals surface area (Å²) in [6.45, 7) is 0. The van der Waals surface area contributed by atoms with Gasteiger partial charge in [-0.05, 0) is 23.8 Å². The molecule has 0 saturated carbocycles. The van der Waals surface area contributed by atoms with E-state index in [0.29, 0.717) is 11.3 Å². The van der Waals surface area contributed by atoms with Gasteiger partial charge in [0.2, 0.25) is 5.75 Å². The Kier molecular flexibility index (Phi) is 7.15. The van der Waals surface area contributed by atoms with Crippen LogP contribution >= 0.6 is 11.8 Å². The summed E-state index contributed by atoms with van der Waals surface area (Å²) in [4.78, 5) is 32.9. The fraction of sp³-hybridized carbons (Fsp3) is 0.235. The van der Waals surface area contributed by atoms with Crippen molar-refractivity contribution >= 4 is 29.1 Å². The molecule has 0 amide bonds. The van der Waals surface area contributed by atoms with E-state index in [1.807, 2.05) is 0 Å². The maximum Gasteiger partial charge on any atom is 0.321 e. The fourth-order valence-electron chi connectivity index (χ4n) is 2.23. The van der Waals surface area contributed by atoms with E-state index < -0.39 is 15.8 Å². The molecule has 2 rings (SSSR count). The number of rotatable bonds is 9. The third-order valence-corrected chi connectivity index (χ3v) is 4.49. The number of methoxy groups -OCH3 is 2. The van der Waals surface area contributed by atoms with Gasteiger partial charge in [0.25, 0.3) is 0 Å². The van der Waals surface area contributed by atoms with Gasteiger partial charge in [0.1, 0.15) is 5.75 Å². The van der Waals surface area contributed by atoms with Gasteiger partial charge in [0.05, 0.1) is 35.9 Å². The second-order valence-corrected chi connectivity index (χ2v) is 6.31. The summed E-state index contributed by atoms with van der Waals surface area (Å²) in [5, 5.41) is 22.1. The summed E-state index contributed by atoms with van der Waals surface area (Å²) in [5.74, 6) is -0.238. The van der Waals surface area contributed by atoms with Crippen LogP contribution in [0.4, 0.5) is 11.4 Å². The Morgan fingerprint density at radius 3 is 2.21 bits per heavy atom. The summed E-state index contributed by atoms with van der Waals surface area (Å²) in [7, 11) is 2.70. The van der Waals surface area contributed by atoms with Gasteiger partial charge in [-0.1, -0.05) is 6.07 Å². The van der Waals surface area contributed by atoms with Crippen LogP contribution in [0, 0.1) is 20.2 Å². The maximum absolute atomic E-state index is 12.0. The molecule has 11 heteroatoms. The normalized spacial score (nSPS) is 10.2. The number of benzene rings is 2. The van der Waals surface area contributed by atoms with Crippen molar-refractivity contribution < 1.29 is 28.9 Å². The molecule has 0 aliphatic carbocycles. The maximum atomic E-state index is 12.0. The van der Waals surface area contributed by atoms with Crippen LogP contribution in [-0.2, 0) is 10.5 Å². The number of nitro groups is 2. The highest BCUT2D eigenvalue weighted by atomic mass is 32.2. The minimum absolute atomic E-state index is 0.0942. The minimum Gasteiger partial charge on any atom is -0.496 e. The van der Waals surface area contributed by atoms with E-state index in [9.17, 15) is 25.0 Å². The van der Waals surface area contributed by atoms with E-state index in [4.69, 9.17) is 14.2 Å². The van der Waals surface area contributed by atoms with Crippen molar-refractivity contribution in [2.75, 3.05) is 20.0 Å². The van der Waals surface area contributed by atoms with Crippen LogP contribution in [0.25, 0.3) is 0 Å². The third kappa shape index (κ3) is 5.33. The van der Waals surface area contributed by atoms with E-state index in [-0.39, 0.29) is 34.4 Å². The highest BCUT2D eigenvalue weighted by Crippen LogP contribution is 2.32. The second kappa shape index (κ2) is 9.55. The van der Waals surface area contributed by atoms with Gasteiger partial charge in [-0.25, -0.2) is 0 Å². The summed E-state index contributed by atoms with van der Waals surface area (Å²) in [5.41, 5.74) is 0.0706. The Hall–Kier alpha value is -3.34. The number of hydrogen-bond acceptors (Lipinski definition) is 9. The quantitative estimate of drug-likeness (QED) is 0.265. The Bertz CT molecular complexity index is 903. The number of thioether (sulfide) groups is 1. The van der Waals surface area contributed by atoms with Crippen LogP contribution in [0.15, 0.2) is 36.4 Å². The molecule has 0 unspecified atom stereocenters. The molecule has 10 nitrogen and oxygen atoms in total. The van der Waals surface area contributed by atoms with E-state index in [1.165, 1.54) is 38.5 Å². The van der Waals surface area contributed by atoms with E-state index in [2.05, 4.69) is 0 Å². The molecule has 0 bridgehead atoms. The van der Waals surface area contributed by atoms with Crippen molar-refractivity contribution in [3.05, 3.63) is 62.2 Å². The van der Waals surface area contributed by atoms with Crippen LogP contribution in [-0.4, -0.2) is 35.8 Å². The molecule has 0 atom stereocenters. The van der Waals surface area contributed by atoms with Gasteiger partial charge in [-0.3, -0.25) is 25.0 Å². The number of nitrogens with zero attached hydrogens (tertiary/aromatic N) is 2. The molecule has 0 aliphatic rings. The molecule has 2 aromatic rings. The topological polar surface area (TPSA) is 131 Å². The molecule has 0 aliphatic heterocycles. The van der Waals surface area contributed by atoms with Gasteiger partial charge in [0, 0.05) is 11.8 Å². The number of hydrogen-bond donors (Lipinski definition) is 0. The predicted octanol–water partition coefficient (Wildman–Crippen LogP) is 3.36. The van der Waals surface area contributed by atoms with Crippen molar-refractivity contribution in [1.29, 1.82) is 0 Å². The number of nitro benzene ring substituents is 2. The second-order valence-electron chi connectivity index (χ2n) is 5.32. The first-order valence-electron chi connectivity index (χ1n) is 7.78. The number of carbonyl (C=O) groups excluding carboxylic acids is 1. The lowest BCUT2D eigenvalue weighted by atomic mass is 10.2. The average Bonchev–Trinajstić information content (AvgIpc) is 2.67. The Morgan fingerprint density at radius 1 is 0.964 bits per heavy atom. The molecule has 28 heavy (non-hydrogen) atoms. The highest BCUT2D eigenvalue weighted by Gasteiger charge is 2.20. The molecular weight excluding hydrogens is 392 g/mol. The number of ether oxygens (including phenoxy) is 3. The Balaban J connectivity index is 1.98. The molecule has 0 N–H and O–H groups in total. The SMILES string of the molecule is COc1ccc(OC(=O)CSCc2ccc(OC)c([N+](=O)[O-])c2)c([N+](=O)[O-])c1. The van der Waals surface area contributed by atoms with Gasteiger partial charge in [-0.2, -0.15) is 0 Å². The van der Waals surface area contributed by atoms with Crippen LogP contribution < -0.4 is 14.2 Å². The van der Waals surface area contributed by atoms with Crippen LogP contribution in [0.5, 0.6) is 17.2 Å². The van der Waals surface area contributed by atoms with Gasteiger partial charge >= 0.3 is 17.3 Å². The summed E-state index contributed by atoms with van der Waals surface area (Å²) >= 11 is 1.16. The lowest BCUT2D eigenvalue weighted by Gasteiger charge is -2.07. The molecule has 0 spiro atoms. The highest BCUT2D eigenvalue weighted by molar-refractivity contribution is 7.99. The molecule has 2 aromatic carbocycles. The largest absolute Gasteiger partial charge is 0.496 e. The lowest BCUT2D eigenvalue weighted by Crippen LogP contribution is -2.12. The van der Waals surface area contributed by atoms with Crippen molar-refractivity contribution in [2.24, 2.45) is 0 Å². The van der Waals surface area contributed by atoms with Crippen molar-refractivity contribution in [2.45, 2.75) is 5.75 Å². The standard InChI is InChI=1S/C17H16N2O8S/c1-25-12-4-6-16(14(8-12)19(23)24)27-17(20)10-28-9-11-3-5-15(26-2)13(7-11)18(21)22/h3-8H,9-10H2,1-2H3. The first-order chi connectivity index (χ1) is 13.3. The number of carbonyl (C=O) groups is 1. The van der Waals surface area contributed by atoms with E-state index in [1.54, 1.807) is 6.07 Å². The van der Waals surface area contributed by atoms with Crippen molar-refractivity contribution in [3.63, 3.8) is 0 Å². The first-order valence-corrected chi connectivity index (χ1v) is 8.93. The third-order valence-electron chi connectivity index (χ3n) is 3.52. The lowest BCUT2D eigenvalue weighted by molar-refractivity contribution is -0.385. The molecule has 0 aromatic heterocycles. The molecule has 0 heterocycles. The molecular formula is C17H16N2O8S. The van der Waals surface area contributed by atoms with Crippen LogP contribution in [0.2, 0.25) is 0 Å². The molecule has 148 valence electrons. The fourth-order valence-corrected chi connectivity index (χ4v) is 2.97. The van der Waals surface area contributed by atoms with Gasteiger partial charge in [0.15, 0.2) is 5.75 Å². The average molecular weight is 408 g/mol. The van der Waals surface area contributed by atoms with E-state index in [0.717, 1.165) is 17.8 Å². The molecule has 0 fully saturated rings. The zero-order valence-corrected chi connectivity index (χ0v) is 15.8. The Labute approximate surface area is 163 Å². The number of esters is 1. The van der Waals surface area contributed by atoms with Crippen LogP contribution in [0.1, 0.15) is 5.56 Å². The molecule has 0 radical (unpaired) electrons. The van der Waals surface area contributed by atoms with Crippen molar-refractivity contribution in [1.82, 2.24) is 0 Å². The zero-order chi connectivity index (χ0) is 20.7. The first kappa shape index (κ1) is 21.0. The van der Waals surface area contributed by atoms with Gasteiger partial charge < -0.3 is 14.2 Å². The summed E-state index contributed by atoms with van der Waals surface area (Å²) in [6.07, 6.45) is 0. The summed E-state index contributed by atoms with van der Waals surface area (Å²) in [6, 6.07) is 8.38. The summed E-state index contributed by atoms with van der Waals surface area (Å²) < 4.78 is 14.9. The van der Waals surface area contributed by atoms with E-state index >= 15 is 0 Å². The minimum atomic E-state index is -0.679. The van der Waals surface area contributed by atoms with Crippen molar-refractivity contribution in [3.8, 4) is 17.2 Å². The monoisotopic (exact) mass is 408 g/mol. The van der Waals surface area contributed by atoms with Gasteiger partial charge in [-0.15, -0.1) is 11.8 Å². The zero-order valence-electron chi connectivity index (χ0n) is 14.9. The molecule has 0 saturated heterocycles. The Morgan fingerprint density at radius 2 is 1.61 bits per heavy atom.